The van der Waals surface area contributed by atoms with Gasteiger partial charge in [0.1, 0.15) is 0 Å². The van der Waals surface area contributed by atoms with Gasteiger partial charge in [0, 0.05) is 29.3 Å². The van der Waals surface area contributed by atoms with E-state index < -0.39 is 0 Å². The number of benzene rings is 1. The third kappa shape index (κ3) is 4.32. The van der Waals surface area contributed by atoms with E-state index >= 15 is 0 Å². The molecule has 2 aromatic rings. The molecule has 1 aromatic carbocycles. The van der Waals surface area contributed by atoms with Crippen LogP contribution in [0.4, 0.5) is 0 Å². The van der Waals surface area contributed by atoms with Crippen molar-refractivity contribution >= 4 is 11.6 Å². The smallest absolute Gasteiger partial charge is 0.0790 e. The summed E-state index contributed by atoms with van der Waals surface area (Å²) in [5.74, 6) is 0.325. The van der Waals surface area contributed by atoms with Crippen LogP contribution in [0.3, 0.4) is 0 Å². The van der Waals surface area contributed by atoms with Crippen molar-refractivity contribution in [1.29, 1.82) is 0 Å². The van der Waals surface area contributed by atoms with Crippen LogP contribution in [-0.4, -0.2) is 37.2 Å². The first-order valence-corrected chi connectivity index (χ1v) is 7.30. The van der Waals surface area contributed by atoms with Gasteiger partial charge in [0.05, 0.1) is 27.7 Å². The highest BCUT2D eigenvalue weighted by Gasteiger charge is 2.19. The van der Waals surface area contributed by atoms with E-state index in [1.54, 1.807) is 0 Å². The van der Waals surface area contributed by atoms with Crippen LogP contribution < -0.4 is 0 Å². The molecule has 0 aliphatic carbocycles. The predicted octanol–water partition coefficient (Wildman–Crippen LogP) is 3.96. The maximum atomic E-state index is 5.99. The summed E-state index contributed by atoms with van der Waals surface area (Å²) in [4.78, 5) is 4.54. The summed E-state index contributed by atoms with van der Waals surface area (Å²) in [6.45, 7) is 1.10. The topological polar surface area (TPSA) is 12.9 Å². The lowest BCUT2D eigenvalue weighted by Crippen LogP contribution is -2.36. The summed E-state index contributed by atoms with van der Waals surface area (Å²) in [6, 6.07) is 14.3. The Kier molecular flexibility index (Phi) is 4.79. The first-order chi connectivity index (χ1) is 9.46. The van der Waals surface area contributed by atoms with Crippen LogP contribution in [0.1, 0.15) is 23.6 Å². The van der Waals surface area contributed by atoms with Crippen LogP contribution in [0.25, 0.3) is 0 Å². The molecule has 0 saturated carbocycles. The Balaban J connectivity index is 2.27. The number of hydrogen-bond donors (Lipinski definition) is 0. The van der Waals surface area contributed by atoms with Gasteiger partial charge < -0.3 is 4.48 Å². The van der Waals surface area contributed by atoms with Gasteiger partial charge >= 0.3 is 0 Å². The highest BCUT2D eigenvalue weighted by Crippen LogP contribution is 2.28. The van der Waals surface area contributed by atoms with Gasteiger partial charge in [-0.3, -0.25) is 4.98 Å². The van der Waals surface area contributed by atoms with E-state index in [1.807, 2.05) is 24.4 Å². The van der Waals surface area contributed by atoms with E-state index in [2.05, 4.69) is 50.4 Å². The molecule has 2 nitrogen and oxygen atoms in total. The molecule has 0 N–H and O–H groups in total. The highest BCUT2D eigenvalue weighted by molar-refractivity contribution is 6.30. The van der Waals surface area contributed by atoms with E-state index in [-0.39, 0.29) is 0 Å². The van der Waals surface area contributed by atoms with Gasteiger partial charge in [-0.25, -0.2) is 0 Å². The molecule has 2 rings (SSSR count). The standard InChI is InChI=1S/C17H22ClN2/c1-20(2,3)13-11-16(17-6-4-5-12-19-17)14-7-9-15(18)10-8-14/h4-10,12,16H,11,13H2,1-3H3/q+1. The Morgan fingerprint density at radius 1 is 1.05 bits per heavy atom. The lowest BCUT2D eigenvalue weighted by molar-refractivity contribution is -0.870. The zero-order valence-corrected chi connectivity index (χ0v) is 13.1. The van der Waals surface area contributed by atoms with Crippen molar-refractivity contribution in [2.24, 2.45) is 0 Å². The van der Waals surface area contributed by atoms with Crippen LogP contribution in [0.15, 0.2) is 48.7 Å². The second kappa shape index (κ2) is 6.38. The van der Waals surface area contributed by atoms with E-state index in [0.29, 0.717) is 5.92 Å². The molecule has 0 spiro atoms. The van der Waals surface area contributed by atoms with Gasteiger partial charge in [0.15, 0.2) is 0 Å². The van der Waals surface area contributed by atoms with Crippen LogP contribution in [0, 0.1) is 0 Å². The molecular weight excluding hydrogens is 268 g/mol. The first kappa shape index (κ1) is 15.0. The van der Waals surface area contributed by atoms with Crippen molar-refractivity contribution in [2.75, 3.05) is 27.7 Å². The number of pyridine rings is 1. The third-order valence-electron chi connectivity index (χ3n) is 3.41. The zero-order chi connectivity index (χ0) is 14.6. The summed E-state index contributed by atoms with van der Waals surface area (Å²) < 4.78 is 0.955. The van der Waals surface area contributed by atoms with Crippen molar-refractivity contribution in [3.05, 3.63) is 64.9 Å². The number of hydrogen-bond acceptors (Lipinski definition) is 1. The highest BCUT2D eigenvalue weighted by atomic mass is 35.5. The number of quaternary nitrogens is 1. The van der Waals surface area contributed by atoms with E-state index in [0.717, 1.165) is 28.2 Å². The van der Waals surface area contributed by atoms with Crippen molar-refractivity contribution in [3.8, 4) is 0 Å². The van der Waals surface area contributed by atoms with Gasteiger partial charge in [-0.1, -0.05) is 29.8 Å². The van der Waals surface area contributed by atoms with E-state index in [4.69, 9.17) is 11.6 Å². The van der Waals surface area contributed by atoms with Crippen molar-refractivity contribution in [2.45, 2.75) is 12.3 Å². The fraction of sp³-hybridized carbons (Fsp3) is 0.353. The maximum absolute atomic E-state index is 5.99. The quantitative estimate of drug-likeness (QED) is 0.759. The van der Waals surface area contributed by atoms with Crippen LogP contribution >= 0.6 is 11.6 Å². The molecule has 0 saturated heterocycles. The zero-order valence-electron chi connectivity index (χ0n) is 12.4. The minimum absolute atomic E-state index is 0.325. The SMILES string of the molecule is C[N+](C)(C)CCC(c1ccc(Cl)cc1)c1ccccn1. The Morgan fingerprint density at radius 3 is 2.30 bits per heavy atom. The van der Waals surface area contributed by atoms with E-state index in [1.165, 1.54) is 5.56 Å². The average molecular weight is 290 g/mol. The number of rotatable bonds is 5. The van der Waals surface area contributed by atoms with Crippen LogP contribution in [0.2, 0.25) is 5.02 Å². The fourth-order valence-electron chi connectivity index (χ4n) is 2.28. The Bertz CT molecular complexity index is 529. The molecule has 0 fully saturated rings. The average Bonchev–Trinajstić information content (AvgIpc) is 2.41. The summed E-state index contributed by atoms with van der Waals surface area (Å²) in [5.41, 5.74) is 2.41. The monoisotopic (exact) mass is 289 g/mol. The second-order valence-corrected chi connectivity index (χ2v) is 6.60. The maximum Gasteiger partial charge on any atom is 0.0790 e. The third-order valence-corrected chi connectivity index (χ3v) is 3.66. The molecule has 3 heteroatoms. The minimum Gasteiger partial charge on any atom is -0.331 e. The Labute approximate surface area is 126 Å². The van der Waals surface area contributed by atoms with Crippen LogP contribution in [0.5, 0.6) is 0 Å². The molecule has 0 radical (unpaired) electrons. The molecule has 1 heterocycles. The molecule has 0 aliphatic heterocycles. The summed E-state index contributed by atoms with van der Waals surface area (Å²) in [5, 5.41) is 0.778. The molecule has 1 unspecified atom stereocenters. The van der Waals surface area contributed by atoms with Gasteiger partial charge in [-0.2, -0.15) is 0 Å². The van der Waals surface area contributed by atoms with Gasteiger partial charge in [0.2, 0.25) is 0 Å². The molecule has 0 aliphatic rings. The summed E-state index contributed by atoms with van der Waals surface area (Å²) >= 11 is 5.99. The molecule has 0 amide bonds. The molecule has 106 valence electrons. The molecule has 20 heavy (non-hydrogen) atoms. The summed E-state index contributed by atoms with van der Waals surface area (Å²) in [7, 11) is 6.66. The van der Waals surface area contributed by atoms with Crippen molar-refractivity contribution in [3.63, 3.8) is 0 Å². The van der Waals surface area contributed by atoms with Gasteiger partial charge in [0.25, 0.3) is 0 Å². The number of aromatic nitrogens is 1. The normalized spacial score (nSPS) is 13.2. The van der Waals surface area contributed by atoms with Crippen LogP contribution in [-0.2, 0) is 0 Å². The Hall–Kier alpha value is -1.38. The lowest BCUT2D eigenvalue weighted by Gasteiger charge is -2.26. The molecular formula is C17H22ClN2+. The summed E-state index contributed by atoms with van der Waals surface area (Å²) in [6.07, 6.45) is 2.94. The van der Waals surface area contributed by atoms with Crippen molar-refractivity contribution < 1.29 is 4.48 Å². The first-order valence-electron chi connectivity index (χ1n) is 6.92. The van der Waals surface area contributed by atoms with Gasteiger partial charge in [-0.15, -0.1) is 0 Å². The molecule has 1 atom stereocenters. The molecule has 1 aromatic heterocycles. The minimum atomic E-state index is 0.325. The number of nitrogens with zero attached hydrogens (tertiary/aromatic N) is 2. The lowest BCUT2D eigenvalue weighted by atomic mass is 9.91. The van der Waals surface area contributed by atoms with E-state index in [9.17, 15) is 0 Å². The number of halogens is 1. The predicted molar refractivity (Wildman–Crippen MR) is 85.0 cm³/mol. The Morgan fingerprint density at radius 2 is 1.75 bits per heavy atom. The van der Waals surface area contributed by atoms with Crippen molar-refractivity contribution in [1.82, 2.24) is 4.98 Å². The van der Waals surface area contributed by atoms with Gasteiger partial charge in [-0.05, 0) is 29.8 Å². The second-order valence-electron chi connectivity index (χ2n) is 6.16. The largest absolute Gasteiger partial charge is 0.331 e. The molecule has 0 bridgehead atoms. The fourth-order valence-corrected chi connectivity index (χ4v) is 2.40.